The molecule has 2 aromatic rings. The van der Waals surface area contributed by atoms with E-state index in [0.29, 0.717) is 31.6 Å². The monoisotopic (exact) mass is 541 g/mol. The largest absolute Gasteiger partial charge is 0.358 e. The number of carbonyl (C=O) groups is 3. The van der Waals surface area contributed by atoms with Gasteiger partial charge in [0.15, 0.2) is 0 Å². The van der Waals surface area contributed by atoms with Gasteiger partial charge in [-0.2, -0.15) is 0 Å². The van der Waals surface area contributed by atoms with Crippen molar-refractivity contribution in [2.24, 2.45) is 0 Å². The minimum absolute atomic E-state index is 0.212. The predicted octanol–water partition coefficient (Wildman–Crippen LogP) is 1.63. The van der Waals surface area contributed by atoms with Crippen molar-refractivity contribution >= 4 is 17.7 Å². The fourth-order valence-corrected chi connectivity index (χ4v) is 5.46. The van der Waals surface area contributed by atoms with Gasteiger partial charge in [0.1, 0.15) is 17.7 Å². The van der Waals surface area contributed by atoms with Crippen molar-refractivity contribution in [2.75, 3.05) is 33.2 Å². The Morgan fingerprint density at radius 2 is 1.79 bits per heavy atom. The van der Waals surface area contributed by atoms with Gasteiger partial charge < -0.3 is 20.9 Å². The number of hydrogen-bond donors (Lipinski definition) is 3. The Labute approximate surface area is 228 Å². The predicted molar refractivity (Wildman–Crippen MR) is 144 cm³/mol. The molecule has 210 valence electrons. The normalized spacial score (nSPS) is 21.3. The van der Waals surface area contributed by atoms with Gasteiger partial charge in [0.2, 0.25) is 17.7 Å². The smallest absolute Gasteiger partial charge is 0.245 e. The van der Waals surface area contributed by atoms with Crippen LogP contribution in [0.2, 0.25) is 0 Å². The van der Waals surface area contributed by atoms with Crippen molar-refractivity contribution < 1.29 is 23.2 Å². The Balaban J connectivity index is 1.47. The quantitative estimate of drug-likeness (QED) is 0.449. The van der Waals surface area contributed by atoms with Crippen LogP contribution in [0.25, 0.3) is 0 Å². The van der Waals surface area contributed by atoms with Gasteiger partial charge in [0, 0.05) is 39.1 Å². The highest BCUT2D eigenvalue weighted by atomic mass is 19.1. The summed E-state index contributed by atoms with van der Waals surface area (Å²) in [6.45, 7) is 3.85. The maximum atomic E-state index is 14.4. The Morgan fingerprint density at radius 1 is 1.05 bits per heavy atom. The third kappa shape index (κ3) is 7.19. The maximum Gasteiger partial charge on any atom is 0.245 e. The van der Waals surface area contributed by atoms with Crippen molar-refractivity contribution in [3.8, 4) is 0 Å². The molecule has 2 fully saturated rings. The molecule has 4 rings (SSSR count). The second-order valence-electron chi connectivity index (χ2n) is 10.3. The van der Waals surface area contributed by atoms with Gasteiger partial charge in [-0.3, -0.25) is 19.3 Å². The summed E-state index contributed by atoms with van der Waals surface area (Å²) in [6.07, 6.45) is 2.05. The molecular formula is C29H37F2N5O3. The number of halogens is 2. The zero-order valence-electron chi connectivity index (χ0n) is 22.5. The van der Waals surface area contributed by atoms with Gasteiger partial charge in [0.05, 0.1) is 12.1 Å². The lowest BCUT2D eigenvalue weighted by atomic mass is 9.99. The molecule has 4 unspecified atom stereocenters. The zero-order valence-corrected chi connectivity index (χ0v) is 22.5. The Morgan fingerprint density at radius 3 is 2.44 bits per heavy atom. The van der Waals surface area contributed by atoms with Crippen LogP contribution >= 0.6 is 0 Å². The summed E-state index contributed by atoms with van der Waals surface area (Å²) in [4.78, 5) is 43.2. The summed E-state index contributed by atoms with van der Waals surface area (Å²) in [5.41, 5.74) is 1.20. The van der Waals surface area contributed by atoms with Gasteiger partial charge in [-0.05, 0) is 62.1 Å². The number of piperazine rings is 1. The molecule has 10 heteroatoms. The first kappa shape index (κ1) is 28.6. The fraction of sp³-hybridized carbons (Fsp3) is 0.483. The molecule has 4 atom stereocenters. The minimum Gasteiger partial charge on any atom is -0.358 e. The Kier molecular flexibility index (Phi) is 9.63. The van der Waals surface area contributed by atoms with Crippen LogP contribution in [0.3, 0.4) is 0 Å². The molecule has 0 radical (unpaired) electrons. The summed E-state index contributed by atoms with van der Waals surface area (Å²) >= 11 is 0. The Hall–Kier alpha value is -3.37. The lowest BCUT2D eigenvalue weighted by Gasteiger charge is -2.43. The van der Waals surface area contributed by atoms with Crippen molar-refractivity contribution in [3.63, 3.8) is 0 Å². The number of nitrogens with zero attached hydrogens (tertiary/aromatic N) is 2. The first-order chi connectivity index (χ1) is 18.8. The van der Waals surface area contributed by atoms with Crippen molar-refractivity contribution in [2.45, 2.75) is 56.8 Å². The number of hydrogen-bond acceptors (Lipinski definition) is 5. The van der Waals surface area contributed by atoms with Crippen LogP contribution in [-0.4, -0.2) is 84.9 Å². The van der Waals surface area contributed by atoms with E-state index in [4.69, 9.17) is 0 Å². The summed E-state index contributed by atoms with van der Waals surface area (Å²) in [7, 11) is 1.56. The van der Waals surface area contributed by atoms with E-state index >= 15 is 0 Å². The molecule has 3 amide bonds. The molecule has 0 aliphatic carbocycles. The standard InChI is InChI=1S/C29H37F2N5O3/c1-19-18-35(26(28(38)32-2)17-21-6-3-4-7-23(21)31)14-15-36(19)29(39)25(16-20-9-11-22(30)12-10-20)34-27(37)24-8-5-13-33-24/h3-4,6-7,9-12,19,24-26,33H,5,8,13-18H2,1-2H3,(H,32,38)(H,34,37). The molecule has 2 aliphatic heterocycles. The average molecular weight is 542 g/mol. The van der Waals surface area contributed by atoms with Gasteiger partial charge in [-0.15, -0.1) is 0 Å². The number of nitrogens with one attached hydrogen (secondary N) is 3. The van der Waals surface area contributed by atoms with E-state index in [9.17, 15) is 23.2 Å². The molecule has 2 aliphatic rings. The van der Waals surface area contributed by atoms with Crippen molar-refractivity contribution in [1.82, 2.24) is 25.8 Å². The van der Waals surface area contributed by atoms with Crippen LogP contribution in [0, 0.1) is 11.6 Å². The number of carbonyl (C=O) groups excluding carboxylic acids is 3. The summed E-state index contributed by atoms with van der Waals surface area (Å²) in [5.74, 6) is -1.38. The van der Waals surface area contributed by atoms with E-state index in [1.165, 1.54) is 18.2 Å². The topological polar surface area (TPSA) is 93.8 Å². The minimum atomic E-state index is -0.812. The van der Waals surface area contributed by atoms with Crippen LogP contribution in [0.1, 0.15) is 30.9 Å². The SMILES string of the molecule is CNC(=O)C(Cc1ccccc1F)N1CCN(C(=O)C(Cc2ccc(F)cc2)NC(=O)C2CCCN2)C(C)C1. The van der Waals surface area contributed by atoms with Crippen molar-refractivity contribution in [1.29, 1.82) is 0 Å². The number of likely N-dealkylation sites (N-methyl/N-ethyl adjacent to an activating group) is 1. The van der Waals surface area contributed by atoms with Crippen LogP contribution in [-0.2, 0) is 27.2 Å². The molecule has 0 bridgehead atoms. The average Bonchev–Trinajstić information content (AvgIpc) is 3.48. The first-order valence-electron chi connectivity index (χ1n) is 13.5. The molecular weight excluding hydrogens is 504 g/mol. The third-order valence-electron chi connectivity index (χ3n) is 7.65. The summed E-state index contributed by atoms with van der Waals surface area (Å²) in [6, 6.07) is 10.3. The number of amides is 3. The van der Waals surface area contributed by atoms with E-state index in [1.54, 1.807) is 42.3 Å². The Bertz CT molecular complexity index is 1160. The molecule has 0 saturated carbocycles. The van der Waals surface area contributed by atoms with E-state index < -0.39 is 12.1 Å². The zero-order chi connectivity index (χ0) is 27.9. The molecule has 0 spiro atoms. The second-order valence-corrected chi connectivity index (χ2v) is 10.3. The molecule has 2 aromatic carbocycles. The first-order valence-corrected chi connectivity index (χ1v) is 13.5. The molecule has 2 saturated heterocycles. The van der Waals surface area contributed by atoms with Gasteiger partial charge in [-0.25, -0.2) is 8.78 Å². The summed E-state index contributed by atoms with van der Waals surface area (Å²) in [5, 5.41) is 8.78. The molecule has 0 aromatic heterocycles. The van der Waals surface area contributed by atoms with Crippen molar-refractivity contribution in [3.05, 3.63) is 71.3 Å². The lowest BCUT2D eigenvalue weighted by molar-refractivity contribution is -0.141. The fourth-order valence-electron chi connectivity index (χ4n) is 5.46. The third-order valence-corrected chi connectivity index (χ3v) is 7.65. The highest BCUT2D eigenvalue weighted by Crippen LogP contribution is 2.20. The molecule has 8 nitrogen and oxygen atoms in total. The molecule has 39 heavy (non-hydrogen) atoms. The van der Waals surface area contributed by atoms with E-state index in [1.807, 2.05) is 11.8 Å². The number of benzene rings is 2. The highest BCUT2D eigenvalue weighted by molar-refractivity contribution is 5.90. The second kappa shape index (κ2) is 13.1. The van der Waals surface area contributed by atoms with Gasteiger partial charge in [0.25, 0.3) is 0 Å². The lowest BCUT2D eigenvalue weighted by Crippen LogP contribution is -2.62. The maximum absolute atomic E-state index is 14.4. The highest BCUT2D eigenvalue weighted by Gasteiger charge is 2.37. The van der Waals surface area contributed by atoms with Gasteiger partial charge >= 0.3 is 0 Å². The van der Waals surface area contributed by atoms with Crippen LogP contribution in [0.15, 0.2) is 48.5 Å². The molecule has 2 heterocycles. The van der Waals surface area contributed by atoms with E-state index in [2.05, 4.69) is 16.0 Å². The van der Waals surface area contributed by atoms with Crippen LogP contribution in [0.5, 0.6) is 0 Å². The number of rotatable bonds is 9. The van der Waals surface area contributed by atoms with E-state index in [-0.39, 0.29) is 54.3 Å². The molecule has 3 N–H and O–H groups in total. The summed E-state index contributed by atoms with van der Waals surface area (Å²) < 4.78 is 27.8. The van der Waals surface area contributed by atoms with Gasteiger partial charge in [-0.1, -0.05) is 30.3 Å². The van der Waals surface area contributed by atoms with Crippen LogP contribution < -0.4 is 16.0 Å². The van der Waals surface area contributed by atoms with E-state index in [0.717, 1.165) is 18.5 Å². The van der Waals surface area contributed by atoms with Crippen LogP contribution in [0.4, 0.5) is 8.78 Å².